The Morgan fingerprint density at radius 1 is 1.20 bits per heavy atom. The summed E-state index contributed by atoms with van der Waals surface area (Å²) in [5.41, 5.74) is 1.16. The number of fused-ring (bicyclic) bond motifs is 1. The number of alkyl halides is 2. The smallest absolute Gasteiger partial charge is 0.231 e. The predicted octanol–water partition coefficient (Wildman–Crippen LogP) is 4.40. The van der Waals surface area contributed by atoms with Crippen LogP contribution in [0.15, 0.2) is 16.6 Å². The average Bonchev–Trinajstić information content (AvgIpc) is 2.62. The van der Waals surface area contributed by atoms with Gasteiger partial charge in [-0.05, 0) is 17.7 Å². The van der Waals surface area contributed by atoms with E-state index in [1.807, 2.05) is 12.1 Å². The van der Waals surface area contributed by atoms with E-state index >= 15 is 0 Å². The number of benzene rings is 1. The maximum Gasteiger partial charge on any atom is 0.231 e. The SMILES string of the molecule is C[C@H](Br)[C@H](Br)c1cc2c(cc1Br)OCO2. The molecule has 0 unspecified atom stereocenters. The first kappa shape index (κ1) is 11.7. The average molecular weight is 401 g/mol. The molecule has 1 aromatic carbocycles. The minimum Gasteiger partial charge on any atom is -0.454 e. The molecule has 82 valence electrons. The van der Waals surface area contributed by atoms with E-state index in [0.29, 0.717) is 11.6 Å². The summed E-state index contributed by atoms with van der Waals surface area (Å²) in [6.07, 6.45) is 0. The quantitative estimate of drug-likeness (QED) is 0.685. The van der Waals surface area contributed by atoms with Crippen molar-refractivity contribution in [2.24, 2.45) is 0 Å². The van der Waals surface area contributed by atoms with E-state index in [9.17, 15) is 0 Å². The maximum atomic E-state index is 5.34. The molecule has 2 rings (SSSR count). The zero-order valence-electron chi connectivity index (χ0n) is 7.97. The summed E-state index contributed by atoms with van der Waals surface area (Å²) in [5, 5.41) is 0. The molecule has 0 aliphatic carbocycles. The third-order valence-corrected chi connectivity index (χ3v) is 5.40. The van der Waals surface area contributed by atoms with Crippen LogP contribution in [0.4, 0.5) is 0 Å². The van der Waals surface area contributed by atoms with Gasteiger partial charge in [0.25, 0.3) is 0 Å². The maximum absolute atomic E-state index is 5.34. The fourth-order valence-corrected chi connectivity index (χ4v) is 2.93. The Morgan fingerprint density at radius 2 is 1.80 bits per heavy atom. The lowest BCUT2D eigenvalue weighted by Gasteiger charge is -2.15. The van der Waals surface area contributed by atoms with Crippen LogP contribution in [-0.2, 0) is 0 Å². The van der Waals surface area contributed by atoms with E-state index in [-0.39, 0.29) is 4.83 Å². The van der Waals surface area contributed by atoms with Crippen molar-refractivity contribution in [3.05, 3.63) is 22.2 Å². The van der Waals surface area contributed by atoms with Gasteiger partial charge in [-0.1, -0.05) is 54.7 Å². The highest BCUT2D eigenvalue weighted by Crippen LogP contribution is 2.43. The van der Waals surface area contributed by atoms with Crippen LogP contribution in [0.1, 0.15) is 17.3 Å². The second-order valence-electron chi connectivity index (χ2n) is 3.31. The summed E-state index contributed by atoms with van der Waals surface area (Å²) in [7, 11) is 0. The largest absolute Gasteiger partial charge is 0.454 e. The van der Waals surface area contributed by atoms with Crippen LogP contribution in [0.3, 0.4) is 0 Å². The Bertz CT molecular complexity index is 379. The Labute approximate surface area is 114 Å². The molecule has 0 radical (unpaired) electrons. The molecule has 15 heavy (non-hydrogen) atoms. The molecule has 0 fully saturated rings. The number of rotatable bonds is 2. The van der Waals surface area contributed by atoms with Crippen molar-refractivity contribution in [1.29, 1.82) is 0 Å². The zero-order valence-corrected chi connectivity index (χ0v) is 12.7. The summed E-state index contributed by atoms with van der Waals surface area (Å²) in [6.45, 7) is 2.40. The van der Waals surface area contributed by atoms with Crippen LogP contribution in [0, 0.1) is 0 Å². The summed E-state index contributed by atoms with van der Waals surface area (Å²) in [4.78, 5) is 0.579. The summed E-state index contributed by atoms with van der Waals surface area (Å²) in [5.74, 6) is 1.61. The lowest BCUT2D eigenvalue weighted by molar-refractivity contribution is 0.174. The normalized spacial score (nSPS) is 17.6. The molecular weight excluding hydrogens is 392 g/mol. The van der Waals surface area contributed by atoms with Gasteiger partial charge in [0.15, 0.2) is 11.5 Å². The number of halogens is 3. The molecule has 1 aliphatic heterocycles. The van der Waals surface area contributed by atoms with Gasteiger partial charge in [-0.3, -0.25) is 0 Å². The van der Waals surface area contributed by atoms with Crippen molar-refractivity contribution in [3.8, 4) is 11.5 Å². The van der Waals surface area contributed by atoms with E-state index in [1.54, 1.807) is 0 Å². The molecule has 1 aromatic rings. The summed E-state index contributed by atoms with van der Waals surface area (Å²) < 4.78 is 11.7. The van der Waals surface area contributed by atoms with Gasteiger partial charge in [-0.25, -0.2) is 0 Å². The second kappa shape index (κ2) is 4.63. The Morgan fingerprint density at radius 3 is 2.40 bits per heavy atom. The van der Waals surface area contributed by atoms with Crippen molar-refractivity contribution in [2.75, 3.05) is 6.79 Å². The van der Waals surface area contributed by atoms with Gasteiger partial charge in [-0.2, -0.15) is 0 Å². The molecule has 0 N–H and O–H groups in total. The number of ether oxygens (including phenoxy) is 2. The highest BCUT2D eigenvalue weighted by atomic mass is 79.9. The fourth-order valence-electron chi connectivity index (χ4n) is 1.39. The Balaban J connectivity index is 2.40. The highest BCUT2D eigenvalue weighted by molar-refractivity contribution is 9.12. The summed E-state index contributed by atoms with van der Waals surface area (Å²) >= 11 is 10.7. The fraction of sp³-hybridized carbons (Fsp3) is 0.400. The van der Waals surface area contributed by atoms with Crippen LogP contribution in [0.25, 0.3) is 0 Å². The molecule has 0 bridgehead atoms. The molecule has 0 aromatic heterocycles. The van der Waals surface area contributed by atoms with E-state index in [1.165, 1.54) is 0 Å². The topological polar surface area (TPSA) is 18.5 Å². The molecule has 1 aliphatic rings. The molecule has 1 heterocycles. The van der Waals surface area contributed by atoms with Gasteiger partial charge < -0.3 is 9.47 Å². The minimum absolute atomic E-state index is 0.237. The lowest BCUT2D eigenvalue weighted by atomic mass is 10.1. The molecule has 5 heteroatoms. The first-order valence-corrected chi connectivity index (χ1v) is 7.09. The third-order valence-electron chi connectivity index (χ3n) is 2.19. The second-order valence-corrected chi connectivity index (χ2v) is 6.59. The minimum atomic E-state index is 0.237. The van der Waals surface area contributed by atoms with Crippen molar-refractivity contribution in [1.82, 2.24) is 0 Å². The first-order chi connectivity index (χ1) is 7.09. The Kier molecular flexibility index (Phi) is 3.63. The molecule has 2 nitrogen and oxygen atoms in total. The first-order valence-electron chi connectivity index (χ1n) is 4.47. The van der Waals surface area contributed by atoms with Gasteiger partial charge in [-0.15, -0.1) is 0 Å². The van der Waals surface area contributed by atoms with Crippen LogP contribution in [0.2, 0.25) is 0 Å². The van der Waals surface area contributed by atoms with Gasteiger partial charge in [0.2, 0.25) is 6.79 Å². The van der Waals surface area contributed by atoms with Crippen molar-refractivity contribution in [3.63, 3.8) is 0 Å². The standard InChI is InChI=1S/C10H9Br3O2/c1-5(11)10(13)6-2-8-9(3-7(6)12)15-4-14-8/h2-3,5,10H,4H2,1H3/t5-,10-/m0/s1. The van der Waals surface area contributed by atoms with Crippen molar-refractivity contribution < 1.29 is 9.47 Å². The van der Waals surface area contributed by atoms with Gasteiger partial charge in [0, 0.05) is 9.30 Å². The van der Waals surface area contributed by atoms with Gasteiger partial charge in [0.1, 0.15) is 0 Å². The van der Waals surface area contributed by atoms with Crippen LogP contribution >= 0.6 is 47.8 Å². The van der Waals surface area contributed by atoms with E-state index < -0.39 is 0 Å². The van der Waals surface area contributed by atoms with Crippen LogP contribution in [-0.4, -0.2) is 11.6 Å². The third kappa shape index (κ3) is 2.34. The van der Waals surface area contributed by atoms with Crippen LogP contribution in [0.5, 0.6) is 11.5 Å². The zero-order chi connectivity index (χ0) is 11.0. The number of hydrogen-bond donors (Lipinski definition) is 0. The highest BCUT2D eigenvalue weighted by Gasteiger charge is 2.22. The number of hydrogen-bond acceptors (Lipinski definition) is 2. The monoisotopic (exact) mass is 398 g/mol. The molecule has 0 saturated heterocycles. The van der Waals surface area contributed by atoms with E-state index in [0.717, 1.165) is 21.5 Å². The van der Waals surface area contributed by atoms with Crippen molar-refractivity contribution in [2.45, 2.75) is 16.6 Å². The Hall–Kier alpha value is 0.260. The molecule has 0 spiro atoms. The lowest BCUT2D eigenvalue weighted by Crippen LogP contribution is -2.02. The van der Waals surface area contributed by atoms with Crippen LogP contribution < -0.4 is 9.47 Å². The molecular formula is C10H9Br3O2. The van der Waals surface area contributed by atoms with Gasteiger partial charge >= 0.3 is 0 Å². The molecule has 2 atom stereocenters. The predicted molar refractivity (Wildman–Crippen MR) is 70.3 cm³/mol. The summed E-state index contributed by atoms with van der Waals surface area (Å²) in [6, 6.07) is 3.95. The molecule has 0 amide bonds. The molecule has 0 saturated carbocycles. The van der Waals surface area contributed by atoms with Crippen molar-refractivity contribution >= 4 is 47.8 Å². The van der Waals surface area contributed by atoms with Gasteiger partial charge in [0.05, 0.1) is 4.83 Å². The van der Waals surface area contributed by atoms with E-state index in [4.69, 9.17) is 9.47 Å². The van der Waals surface area contributed by atoms with E-state index in [2.05, 4.69) is 54.7 Å².